The zero-order valence-corrected chi connectivity index (χ0v) is 12.8. The molecule has 0 atom stereocenters. The van der Waals surface area contributed by atoms with Crippen molar-refractivity contribution in [1.29, 1.82) is 0 Å². The van der Waals surface area contributed by atoms with E-state index in [2.05, 4.69) is 15.9 Å². The first-order chi connectivity index (χ1) is 9.47. The number of non-ortho nitro benzene ring substituents is 1. The highest BCUT2D eigenvalue weighted by Crippen LogP contribution is 2.26. The first-order valence-corrected chi connectivity index (χ1v) is 6.89. The molecule has 0 bridgehead atoms. The lowest BCUT2D eigenvalue weighted by molar-refractivity contribution is -0.384. The second kappa shape index (κ2) is 6.05. The first kappa shape index (κ1) is 14.5. The average Bonchev–Trinajstić information content (AvgIpc) is 2.42. The molecule has 2 aromatic carbocycles. The summed E-state index contributed by atoms with van der Waals surface area (Å²) in [5, 5.41) is 10.6. The smallest absolute Gasteiger partial charge is 0.269 e. The third-order valence-electron chi connectivity index (χ3n) is 2.96. The van der Waals surface area contributed by atoms with Gasteiger partial charge < -0.3 is 4.74 Å². The number of nitrogens with zero attached hydrogens (tertiary/aromatic N) is 1. The minimum Gasteiger partial charge on any atom is -0.489 e. The summed E-state index contributed by atoms with van der Waals surface area (Å²) < 4.78 is 6.80. The summed E-state index contributed by atoms with van der Waals surface area (Å²) in [4.78, 5) is 10.2. The number of rotatable bonds is 4. The van der Waals surface area contributed by atoms with Gasteiger partial charge in [-0.3, -0.25) is 10.1 Å². The van der Waals surface area contributed by atoms with Crippen molar-refractivity contribution in [3.8, 4) is 5.75 Å². The van der Waals surface area contributed by atoms with Crippen molar-refractivity contribution < 1.29 is 9.66 Å². The van der Waals surface area contributed by atoms with E-state index in [1.807, 2.05) is 26.0 Å². The van der Waals surface area contributed by atoms with E-state index in [0.717, 1.165) is 26.9 Å². The molecule has 0 aromatic heterocycles. The maximum atomic E-state index is 10.6. The number of aryl methyl sites for hydroxylation is 2. The van der Waals surface area contributed by atoms with Gasteiger partial charge in [-0.25, -0.2) is 0 Å². The fraction of sp³-hybridized carbons (Fsp3) is 0.200. The van der Waals surface area contributed by atoms with Gasteiger partial charge in [-0.2, -0.15) is 0 Å². The third-order valence-corrected chi connectivity index (χ3v) is 4.21. The second-order valence-corrected chi connectivity index (χ2v) is 5.38. The fourth-order valence-electron chi connectivity index (χ4n) is 1.87. The first-order valence-electron chi connectivity index (χ1n) is 6.10. The standard InChI is InChI=1S/C15H14BrNO3/c1-10-7-14(8-11(2)15(10)16)20-9-12-3-5-13(6-4-12)17(18)19/h3-8H,9H2,1-2H3. The summed E-state index contributed by atoms with van der Waals surface area (Å²) in [7, 11) is 0. The molecule has 104 valence electrons. The van der Waals surface area contributed by atoms with Gasteiger partial charge in [0.05, 0.1) is 4.92 Å². The molecule has 0 aliphatic carbocycles. The number of ether oxygens (including phenoxy) is 1. The lowest BCUT2D eigenvalue weighted by Gasteiger charge is -2.10. The summed E-state index contributed by atoms with van der Waals surface area (Å²) in [6, 6.07) is 10.3. The molecule has 0 heterocycles. The van der Waals surface area contributed by atoms with Crippen molar-refractivity contribution in [3.63, 3.8) is 0 Å². The van der Waals surface area contributed by atoms with Gasteiger partial charge >= 0.3 is 0 Å². The van der Waals surface area contributed by atoms with Crippen LogP contribution in [-0.2, 0) is 6.61 Å². The Labute approximate surface area is 125 Å². The van der Waals surface area contributed by atoms with Crippen LogP contribution in [0.15, 0.2) is 40.9 Å². The molecule has 2 aromatic rings. The molecule has 0 saturated carbocycles. The zero-order chi connectivity index (χ0) is 14.7. The van der Waals surface area contributed by atoms with Crippen molar-refractivity contribution >= 4 is 21.6 Å². The Morgan fingerprint density at radius 2 is 1.70 bits per heavy atom. The Hall–Kier alpha value is -1.88. The Bertz CT molecular complexity index is 615. The van der Waals surface area contributed by atoms with E-state index in [0.29, 0.717) is 6.61 Å². The summed E-state index contributed by atoms with van der Waals surface area (Å²) in [6.07, 6.45) is 0. The minimum atomic E-state index is -0.411. The maximum absolute atomic E-state index is 10.6. The number of hydrogen-bond donors (Lipinski definition) is 0. The molecule has 2 rings (SSSR count). The molecule has 0 fully saturated rings. The van der Waals surface area contributed by atoms with Gasteiger partial charge in [-0.05, 0) is 54.8 Å². The van der Waals surface area contributed by atoms with Crippen LogP contribution in [0, 0.1) is 24.0 Å². The fourth-order valence-corrected chi connectivity index (χ4v) is 2.10. The molecule has 4 nitrogen and oxygen atoms in total. The maximum Gasteiger partial charge on any atom is 0.269 e. The molecule has 0 radical (unpaired) electrons. The van der Waals surface area contributed by atoms with E-state index < -0.39 is 4.92 Å². The van der Waals surface area contributed by atoms with Gasteiger partial charge in [-0.15, -0.1) is 0 Å². The van der Waals surface area contributed by atoms with Crippen LogP contribution in [0.4, 0.5) is 5.69 Å². The second-order valence-electron chi connectivity index (χ2n) is 4.58. The predicted octanol–water partition coefficient (Wildman–Crippen LogP) is 4.55. The van der Waals surface area contributed by atoms with Crippen molar-refractivity contribution in [3.05, 3.63) is 67.7 Å². The lowest BCUT2D eigenvalue weighted by atomic mass is 10.1. The van der Waals surface area contributed by atoms with Crippen molar-refractivity contribution in [1.82, 2.24) is 0 Å². The average molecular weight is 336 g/mol. The van der Waals surface area contributed by atoms with Crippen LogP contribution < -0.4 is 4.74 Å². The lowest BCUT2D eigenvalue weighted by Crippen LogP contribution is -1.97. The zero-order valence-electron chi connectivity index (χ0n) is 11.2. The Kier molecular flexibility index (Phi) is 4.39. The van der Waals surface area contributed by atoms with Crippen LogP contribution >= 0.6 is 15.9 Å². The van der Waals surface area contributed by atoms with E-state index in [-0.39, 0.29) is 5.69 Å². The molecule has 0 saturated heterocycles. The van der Waals surface area contributed by atoms with Gasteiger partial charge in [0.2, 0.25) is 0 Å². The molecular weight excluding hydrogens is 322 g/mol. The normalized spacial score (nSPS) is 10.3. The number of nitro groups is 1. The van der Waals surface area contributed by atoms with Crippen LogP contribution in [0.5, 0.6) is 5.75 Å². The molecule has 0 aliphatic rings. The number of hydrogen-bond acceptors (Lipinski definition) is 3. The van der Waals surface area contributed by atoms with Gasteiger partial charge in [-0.1, -0.05) is 15.9 Å². The topological polar surface area (TPSA) is 52.4 Å². The van der Waals surface area contributed by atoms with Crippen LogP contribution in [0.25, 0.3) is 0 Å². The molecule has 0 amide bonds. The summed E-state index contributed by atoms with van der Waals surface area (Å²) in [5.74, 6) is 0.793. The summed E-state index contributed by atoms with van der Waals surface area (Å²) >= 11 is 3.51. The minimum absolute atomic E-state index is 0.0871. The van der Waals surface area contributed by atoms with E-state index in [1.54, 1.807) is 12.1 Å². The van der Waals surface area contributed by atoms with Crippen molar-refractivity contribution in [2.45, 2.75) is 20.5 Å². The highest BCUT2D eigenvalue weighted by Gasteiger charge is 2.06. The number of halogens is 1. The number of benzene rings is 2. The highest BCUT2D eigenvalue weighted by atomic mass is 79.9. The monoisotopic (exact) mass is 335 g/mol. The van der Waals surface area contributed by atoms with Crippen LogP contribution in [0.1, 0.15) is 16.7 Å². The molecule has 20 heavy (non-hydrogen) atoms. The Morgan fingerprint density at radius 1 is 1.15 bits per heavy atom. The highest BCUT2D eigenvalue weighted by molar-refractivity contribution is 9.10. The van der Waals surface area contributed by atoms with E-state index in [9.17, 15) is 10.1 Å². The van der Waals surface area contributed by atoms with E-state index in [4.69, 9.17) is 4.74 Å². The van der Waals surface area contributed by atoms with Gasteiger partial charge in [0.25, 0.3) is 5.69 Å². The number of nitro benzene ring substituents is 1. The van der Waals surface area contributed by atoms with Gasteiger partial charge in [0.15, 0.2) is 0 Å². The van der Waals surface area contributed by atoms with Crippen molar-refractivity contribution in [2.24, 2.45) is 0 Å². The predicted molar refractivity (Wildman–Crippen MR) is 81.0 cm³/mol. The molecule has 0 N–H and O–H groups in total. The van der Waals surface area contributed by atoms with Crippen LogP contribution in [0.2, 0.25) is 0 Å². The third kappa shape index (κ3) is 3.36. The molecule has 0 unspecified atom stereocenters. The summed E-state index contributed by atoms with van der Waals surface area (Å²) in [6.45, 7) is 4.41. The molecular formula is C15H14BrNO3. The molecule has 5 heteroatoms. The SMILES string of the molecule is Cc1cc(OCc2ccc([N+](=O)[O-])cc2)cc(C)c1Br. The van der Waals surface area contributed by atoms with Crippen LogP contribution in [-0.4, -0.2) is 4.92 Å². The van der Waals surface area contributed by atoms with Crippen molar-refractivity contribution in [2.75, 3.05) is 0 Å². The van der Waals surface area contributed by atoms with Gasteiger partial charge in [0, 0.05) is 16.6 Å². The molecule has 0 aliphatic heterocycles. The van der Waals surface area contributed by atoms with Crippen LogP contribution in [0.3, 0.4) is 0 Å². The van der Waals surface area contributed by atoms with Gasteiger partial charge in [0.1, 0.15) is 12.4 Å². The summed E-state index contributed by atoms with van der Waals surface area (Å²) in [5.41, 5.74) is 3.21. The largest absolute Gasteiger partial charge is 0.489 e. The quantitative estimate of drug-likeness (QED) is 0.608. The van der Waals surface area contributed by atoms with E-state index >= 15 is 0 Å². The Balaban J connectivity index is 2.07. The van der Waals surface area contributed by atoms with E-state index in [1.165, 1.54) is 12.1 Å². The Morgan fingerprint density at radius 3 is 2.20 bits per heavy atom. The molecule has 0 spiro atoms.